The van der Waals surface area contributed by atoms with Gasteiger partial charge in [0, 0.05) is 25.3 Å². The fourth-order valence-electron chi connectivity index (χ4n) is 4.16. The quantitative estimate of drug-likeness (QED) is 0.661. The third-order valence-corrected chi connectivity index (χ3v) is 5.55. The monoisotopic (exact) mass is 410 g/mol. The van der Waals surface area contributed by atoms with Crippen molar-refractivity contribution >= 4 is 23.5 Å². The summed E-state index contributed by atoms with van der Waals surface area (Å²) in [4.78, 5) is 28.5. The number of fused-ring (bicyclic) bond motifs is 6. The van der Waals surface area contributed by atoms with Crippen molar-refractivity contribution in [1.82, 2.24) is 15.0 Å². The van der Waals surface area contributed by atoms with Crippen LogP contribution in [0, 0.1) is 19.8 Å². The predicted octanol–water partition coefficient (Wildman–Crippen LogP) is 4.58. The van der Waals surface area contributed by atoms with Gasteiger partial charge in [0.15, 0.2) is 0 Å². The van der Waals surface area contributed by atoms with Crippen LogP contribution in [0.2, 0.25) is 0 Å². The molecule has 1 aromatic carbocycles. The van der Waals surface area contributed by atoms with Crippen molar-refractivity contribution in [3.63, 3.8) is 0 Å². The van der Waals surface area contributed by atoms with Crippen molar-refractivity contribution in [2.24, 2.45) is 5.92 Å². The van der Waals surface area contributed by atoms with Gasteiger partial charge in [0.1, 0.15) is 5.82 Å². The van der Waals surface area contributed by atoms with Crippen LogP contribution < -0.4 is 15.5 Å². The first-order chi connectivity index (χ1) is 14.6. The lowest BCUT2D eigenvalue weighted by Gasteiger charge is -2.35. The molecule has 0 spiro atoms. The van der Waals surface area contributed by atoms with Gasteiger partial charge in [-0.25, -0.2) is 0 Å². The zero-order chi connectivity index (χ0) is 21.5. The summed E-state index contributed by atoms with van der Waals surface area (Å²) in [5.41, 5.74) is 2.85. The summed E-state index contributed by atoms with van der Waals surface area (Å²) in [6.07, 6.45) is 5.92. The third kappa shape index (κ3) is 5.46. The summed E-state index contributed by atoms with van der Waals surface area (Å²) in [7, 11) is 0. The first-order valence-corrected chi connectivity index (χ1v) is 11.2. The highest BCUT2D eigenvalue weighted by Gasteiger charge is 2.24. The highest BCUT2D eigenvalue weighted by molar-refractivity contribution is 6.07. The number of aryl methyl sites for hydroxylation is 2. The number of amides is 1. The van der Waals surface area contributed by atoms with Crippen LogP contribution in [0.1, 0.15) is 67.7 Å². The van der Waals surface area contributed by atoms with Crippen molar-refractivity contribution in [2.75, 3.05) is 35.2 Å². The first kappa shape index (κ1) is 22.0. The van der Waals surface area contributed by atoms with Gasteiger partial charge in [-0.3, -0.25) is 10.1 Å². The van der Waals surface area contributed by atoms with Crippen LogP contribution in [0.25, 0.3) is 0 Å². The molecule has 30 heavy (non-hydrogen) atoms. The van der Waals surface area contributed by atoms with Crippen LogP contribution in [0.3, 0.4) is 0 Å². The van der Waals surface area contributed by atoms with Crippen molar-refractivity contribution in [3.05, 3.63) is 35.2 Å². The van der Waals surface area contributed by atoms with Gasteiger partial charge in [0.25, 0.3) is 5.91 Å². The Morgan fingerprint density at radius 1 is 1.00 bits per heavy atom. The summed E-state index contributed by atoms with van der Waals surface area (Å²) >= 11 is 0. The van der Waals surface area contributed by atoms with Gasteiger partial charge >= 0.3 is 0 Å². The van der Waals surface area contributed by atoms with Crippen molar-refractivity contribution in [2.45, 2.75) is 59.8 Å². The molecule has 1 fully saturated rings. The number of aromatic nitrogens is 3. The number of anilines is 3. The molecule has 2 aliphatic heterocycles. The van der Waals surface area contributed by atoms with Gasteiger partial charge < -0.3 is 10.2 Å². The molecule has 0 aliphatic carbocycles. The Hall–Kier alpha value is -2.70. The Morgan fingerprint density at radius 2 is 1.77 bits per heavy atom. The summed E-state index contributed by atoms with van der Waals surface area (Å²) in [6.45, 7) is 10.7. The van der Waals surface area contributed by atoms with Crippen LogP contribution >= 0.6 is 0 Å². The highest BCUT2D eigenvalue weighted by atomic mass is 16.1. The minimum absolute atomic E-state index is 0.177. The number of hydrogen-bond acceptors (Lipinski definition) is 6. The SMILES string of the molecule is CC.Cc1ccc2c(c1)N1CCCC(CCCCNc3nc(C)nc(n3)NC2=O)C1. The minimum atomic E-state index is -0.177. The van der Waals surface area contributed by atoms with Crippen LogP contribution in [-0.2, 0) is 0 Å². The molecule has 1 unspecified atom stereocenters. The molecule has 4 bridgehead atoms. The second-order valence-electron chi connectivity index (χ2n) is 7.88. The Morgan fingerprint density at radius 3 is 2.60 bits per heavy atom. The maximum absolute atomic E-state index is 13.1. The van der Waals surface area contributed by atoms with Gasteiger partial charge in [-0.2, -0.15) is 15.0 Å². The molecule has 7 heteroatoms. The number of nitrogens with one attached hydrogen (secondary N) is 2. The fourth-order valence-corrected chi connectivity index (χ4v) is 4.16. The predicted molar refractivity (Wildman–Crippen MR) is 122 cm³/mol. The van der Waals surface area contributed by atoms with Crippen LogP contribution in [-0.4, -0.2) is 40.5 Å². The largest absolute Gasteiger partial charge is 0.371 e. The van der Waals surface area contributed by atoms with Crippen LogP contribution in [0.5, 0.6) is 0 Å². The standard InChI is InChI=1S/C21H28N6O.C2H6/c1-14-8-9-17-18(12-14)27-11-5-7-16(13-27)6-3-4-10-22-20-23-15(2)24-21(26-20)25-19(17)28;1-2/h8-9,12,16H,3-7,10-11,13H2,1-2H3,(H2,22,23,24,25,26,28);1-2H3. The molecule has 1 amide bonds. The number of carbonyl (C=O) groups is 1. The molecule has 2 aromatic rings. The molecule has 2 N–H and O–H groups in total. The highest BCUT2D eigenvalue weighted by Crippen LogP contribution is 2.30. The Balaban J connectivity index is 0.00000124. The molecule has 3 heterocycles. The molecule has 2 aliphatic rings. The number of piperidine rings is 1. The zero-order valence-corrected chi connectivity index (χ0v) is 18.7. The van der Waals surface area contributed by atoms with Gasteiger partial charge in [0.05, 0.1) is 5.56 Å². The lowest BCUT2D eigenvalue weighted by molar-refractivity contribution is 0.102. The van der Waals surface area contributed by atoms with E-state index in [4.69, 9.17) is 0 Å². The lowest BCUT2D eigenvalue weighted by atomic mass is 9.91. The van der Waals surface area contributed by atoms with Crippen molar-refractivity contribution < 1.29 is 4.79 Å². The van der Waals surface area contributed by atoms with Crippen LogP contribution in [0.15, 0.2) is 18.2 Å². The molecule has 1 aromatic heterocycles. The maximum atomic E-state index is 13.1. The number of nitrogens with zero attached hydrogens (tertiary/aromatic N) is 4. The maximum Gasteiger partial charge on any atom is 0.260 e. The molecule has 1 atom stereocenters. The lowest BCUT2D eigenvalue weighted by Crippen LogP contribution is -2.36. The molecule has 1 saturated heterocycles. The van der Waals surface area contributed by atoms with E-state index < -0.39 is 0 Å². The van der Waals surface area contributed by atoms with E-state index in [1.165, 1.54) is 25.7 Å². The van der Waals surface area contributed by atoms with E-state index in [2.05, 4.69) is 43.5 Å². The van der Waals surface area contributed by atoms with E-state index in [1.807, 2.05) is 32.9 Å². The molecule has 4 rings (SSSR count). The van der Waals surface area contributed by atoms with E-state index in [-0.39, 0.29) is 11.9 Å². The van der Waals surface area contributed by atoms with E-state index in [9.17, 15) is 4.79 Å². The molecule has 0 radical (unpaired) electrons. The zero-order valence-electron chi connectivity index (χ0n) is 18.7. The van der Waals surface area contributed by atoms with Gasteiger partial charge in [-0.15, -0.1) is 0 Å². The molecular weight excluding hydrogens is 376 g/mol. The third-order valence-electron chi connectivity index (χ3n) is 5.55. The summed E-state index contributed by atoms with van der Waals surface area (Å²) in [5, 5.41) is 6.14. The number of benzene rings is 1. The summed E-state index contributed by atoms with van der Waals surface area (Å²) in [5.74, 6) is 1.89. The number of hydrogen-bond donors (Lipinski definition) is 2. The molecule has 0 saturated carbocycles. The van der Waals surface area contributed by atoms with Crippen LogP contribution in [0.4, 0.5) is 17.6 Å². The van der Waals surface area contributed by atoms with Crippen molar-refractivity contribution in [1.29, 1.82) is 0 Å². The first-order valence-electron chi connectivity index (χ1n) is 11.2. The minimum Gasteiger partial charge on any atom is -0.371 e. The van der Waals surface area contributed by atoms with E-state index >= 15 is 0 Å². The average Bonchev–Trinajstić information content (AvgIpc) is 2.74. The molecule has 7 nitrogen and oxygen atoms in total. The smallest absolute Gasteiger partial charge is 0.260 e. The second-order valence-corrected chi connectivity index (χ2v) is 7.88. The van der Waals surface area contributed by atoms with Gasteiger partial charge in [-0.05, 0) is 63.1 Å². The molecular formula is C23H34N6O. The van der Waals surface area contributed by atoms with E-state index in [1.54, 1.807) is 0 Å². The van der Waals surface area contributed by atoms with E-state index in [0.29, 0.717) is 23.3 Å². The van der Waals surface area contributed by atoms with Gasteiger partial charge in [-0.1, -0.05) is 26.3 Å². The topological polar surface area (TPSA) is 83.0 Å². The Kier molecular flexibility index (Phi) is 7.60. The second kappa shape index (κ2) is 10.4. The summed E-state index contributed by atoms with van der Waals surface area (Å²) in [6, 6.07) is 6.02. The molecule has 162 valence electrons. The summed E-state index contributed by atoms with van der Waals surface area (Å²) < 4.78 is 0. The van der Waals surface area contributed by atoms with Crippen molar-refractivity contribution in [3.8, 4) is 0 Å². The van der Waals surface area contributed by atoms with Gasteiger partial charge in [0.2, 0.25) is 11.9 Å². The number of carbonyl (C=O) groups excluding carboxylic acids is 1. The fraction of sp³-hybridized carbons (Fsp3) is 0.565. The number of rotatable bonds is 0. The van der Waals surface area contributed by atoms with E-state index in [0.717, 1.165) is 37.3 Å². The average molecular weight is 411 g/mol. The normalized spacial score (nSPS) is 19.1. The Labute approximate surface area is 179 Å². The Bertz CT molecular complexity index is 869.